The molecule has 1 aliphatic rings. The van der Waals surface area contributed by atoms with Crippen molar-refractivity contribution in [3.63, 3.8) is 0 Å². The summed E-state index contributed by atoms with van der Waals surface area (Å²) in [7, 11) is 0. The minimum absolute atomic E-state index is 0.0900. The number of carbonyl (C=O) groups is 2. The highest BCUT2D eigenvalue weighted by Gasteiger charge is 2.32. The van der Waals surface area contributed by atoms with Crippen LogP contribution >= 0.6 is 11.8 Å². The highest BCUT2D eigenvalue weighted by molar-refractivity contribution is 8.15. The van der Waals surface area contributed by atoms with Crippen LogP contribution < -0.4 is 15.4 Å². The zero-order chi connectivity index (χ0) is 19.2. The lowest BCUT2D eigenvalue weighted by atomic mass is 10.2. The second-order valence-electron chi connectivity index (χ2n) is 6.06. The molecule has 2 amide bonds. The van der Waals surface area contributed by atoms with Crippen molar-refractivity contribution in [3.8, 4) is 5.75 Å². The van der Waals surface area contributed by atoms with Crippen LogP contribution in [0.25, 0.3) is 0 Å². The number of rotatable bonds is 6. The summed E-state index contributed by atoms with van der Waals surface area (Å²) >= 11 is 1.27. The van der Waals surface area contributed by atoms with Gasteiger partial charge in [0.1, 0.15) is 11.0 Å². The van der Waals surface area contributed by atoms with Crippen molar-refractivity contribution >= 4 is 40.1 Å². The van der Waals surface area contributed by atoms with Crippen LogP contribution in [0.1, 0.15) is 18.9 Å². The van der Waals surface area contributed by atoms with E-state index in [0.29, 0.717) is 17.5 Å². The van der Waals surface area contributed by atoms with E-state index in [0.717, 1.165) is 17.0 Å². The lowest BCUT2D eigenvalue weighted by Crippen LogP contribution is -2.28. The third-order valence-corrected chi connectivity index (χ3v) is 4.91. The standard InChI is InChI=1S/C20H21N3O3S/c1-3-26-16-9-7-14(8-10-16)22-20-23-19(25)17(27-20)12-18(24)21-15-6-4-5-13(2)11-15/h4-11,17H,3,12H2,1-2H3,(H,21,24)(H,22,23,25)/t17-/m1/s1. The summed E-state index contributed by atoms with van der Waals surface area (Å²) in [5, 5.41) is 5.57. The number of amidine groups is 1. The summed E-state index contributed by atoms with van der Waals surface area (Å²) in [6.45, 7) is 4.49. The molecular formula is C20H21N3O3S. The fourth-order valence-corrected chi connectivity index (χ4v) is 3.58. The SMILES string of the molecule is CCOc1ccc(N=C2NC(=O)[C@@H](CC(=O)Nc3cccc(C)c3)S2)cc1. The topological polar surface area (TPSA) is 79.8 Å². The van der Waals surface area contributed by atoms with Gasteiger partial charge in [0, 0.05) is 12.1 Å². The maximum atomic E-state index is 12.2. The molecule has 1 atom stereocenters. The van der Waals surface area contributed by atoms with E-state index in [1.165, 1.54) is 11.8 Å². The van der Waals surface area contributed by atoms with E-state index < -0.39 is 5.25 Å². The lowest BCUT2D eigenvalue weighted by molar-refractivity contribution is -0.122. The Kier molecular flexibility index (Phi) is 6.13. The van der Waals surface area contributed by atoms with E-state index in [1.54, 1.807) is 0 Å². The van der Waals surface area contributed by atoms with Crippen molar-refractivity contribution in [2.75, 3.05) is 11.9 Å². The van der Waals surface area contributed by atoms with Crippen LogP contribution in [-0.4, -0.2) is 28.8 Å². The Hall–Kier alpha value is -2.80. The molecule has 1 saturated heterocycles. The summed E-state index contributed by atoms with van der Waals surface area (Å²) in [5.41, 5.74) is 2.50. The number of aliphatic imine (C=N–C) groups is 1. The maximum absolute atomic E-state index is 12.2. The highest BCUT2D eigenvalue weighted by atomic mass is 32.2. The van der Waals surface area contributed by atoms with E-state index in [-0.39, 0.29) is 18.2 Å². The molecule has 2 aromatic rings. The molecule has 140 valence electrons. The zero-order valence-corrected chi connectivity index (χ0v) is 16.0. The number of amides is 2. The van der Waals surface area contributed by atoms with Crippen LogP contribution in [0.3, 0.4) is 0 Å². The van der Waals surface area contributed by atoms with Gasteiger partial charge in [-0.2, -0.15) is 0 Å². The highest BCUT2D eigenvalue weighted by Crippen LogP contribution is 2.26. The second-order valence-corrected chi connectivity index (χ2v) is 7.25. The van der Waals surface area contributed by atoms with Crippen molar-refractivity contribution in [2.45, 2.75) is 25.5 Å². The van der Waals surface area contributed by atoms with Gasteiger partial charge in [0.05, 0.1) is 12.3 Å². The van der Waals surface area contributed by atoms with Crippen molar-refractivity contribution in [1.29, 1.82) is 0 Å². The van der Waals surface area contributed by atoms with Gasteiger partial charge in [0.25, 0.3) is 0 Å². The number of nitrogens with zero attached hydrogens (tertiary/aromatic N) is 1. The number of anilines is 1. The Bertz CT molecular complexity index is 865. The molecule has 3 rings (SSSR count). The monoisotopic (exact) mass is 383 g/mol. The predicted octanol–water partition coefficient (Wildman–Crippen LogP) is 3.64. The quantitative estimate of drug-likeness (QED) is 0.798. The first-order chi connectivity index (χ1) is 13.0. The number of ether oxygens (including phenoxy) is 1. The van der Waals surface area contributed by atoms with Gasteiger partial charge in [-0.05, 0) is 55.8 Å². The Labute approximate surface area is 162 Å². The maximum Gasteiger partial charge on any atom is 0.240 e. The number of hydrogen-bond acceptors (Lipinski definition) is 5. The van der Waals surface area contributed by atoms with Crippen LogP contribution in [0.4, 0.5) is 11.4 Å². The summed E-state index contributed by atoms with van der Waals surface area (Å²) in [5.74, 6) is 0.370. The minimum Gasteiger partial charge on any atom is -0.494 e. The molecular weight excluding hydrogens is 362 g/mol. The number of aryl methyl sites for hydroxylation is 1. The van der Waals surface area contributed by atoms with Crippen LogP contribution in [0, 0.1) is 6.92 Å². The van der Waals surface area contributed by atoms with Gasteiger partial charge < -0.3 is 15.4 Å². The van der Waals surface area contributed by atoms with Crippen molar-refractivity contribution < 1.29 is 14.3 Å². The molecule has 1 heterocycles. The molecule has 0 bridgehead atoms. The van der Waals surface area contributed by atoms with Crippen molar-refractivity contribution in [1.82, 2.24) is 5.32 Å². The van der Waals surface area contributed by atoms with Gasteiger partial charge in [-0.25, -0.2) is 4.99 Å². The molecule has 2 aromatic carbocycles. The van der Waals surface area contributed by atoms with E-state index in [4.69, 9.17) is 4.74 Å². The first kappa shape index (κ1) is 19.0. The van der Waals surface area contributed by atoms with E-state index in [9.17, 15) is 9.59 Å². The number of nitrogens with one attached hydrogen (secondary N) is 2. The summed E-state index contributed by atoms with van der Waals surface area (Å²) in [6, 6.07) is 14.9. The molecule has 0 aliphatic carbocycles. The largest absolute Gasteiger partial charge is 0.494 e. The van der Waals surface area contributed by atoms with Crippen LogP contribution in [0.5, 0.6) is 5.75 Å². The molecule has 0 aromatic heterocycles. The normalized spacial score (nSPS) is 17.6. The van der Waals surface area contributed by atoms with Crippen LogP contribution in [0.15, 0.2) is 53.5 Å². The summed E-state index contributed by atoms with van der Waals surface area (Å²) < 4.78 is 5.40. The third kappa shape index (κ3) is 5.34. The lowest BCUT2D eigenvalue weighted by Gasteiger charge is -2.08. The first-order valence-corrected chi connectivity index (χ1v) is 9.57. The molecule has 1 fully saturated rings. The zero-order valence-electron chi connectivity index (χ0n) is 15.2. The summed E-state index contributed by atoms with van der Waals surface area (Å²) in [4.78, 5) is 28.8. The minimum atomic E-state index is -0.490. The van der Waals surface area contributed by atoms with E-state index in [1.807, 2.05) is 62.4 Å². The van der Waals surface area contributed by atoms with E-state index >= 15 is 0 Å². The van der Waals surface area contributed by atoms with Crippen LogP contribution in [-0.2, 0) is 9.59 Å². The Balaban J connectivity index is 1.58. The molecule has 0 spiro atoms. The molecule has 0 saturated carbocycles. The Morgan fingerprint density at radius 2 is 2.04 bits per heavy atom. The van der Waals surface area contributed by atoms with E-state index in [2.05, 4.69) is 15.6 Å². The van der Waals surface area contributed by atoms with Crippen LogP contribution in [0.2, 0.25) is 0 Å². The molecule has 0 unspecified atom stereocenters. The molecule has 1 aliphatic heterocycles. The van der Waals surface area contributed by atoms with Crippen molar-refractivity contribution in [2.24, 2.45) is 4.99 Å². The smallest absolute Gasteiger partial charge is 0.240 e. The number of benzene rings is 2. The molecule has 0 radical (unpaired) electrons. The van der Waals surface area contributed by atoms with Crippen molar-refractivity contribution in [3.05, 3.63) is 54.1 Å². The fraction of sp³-hybridized carbons (Fsp3) is 0.250. The first-order valence-electron chi connectivity index (χ1n) is 8.69. The average Bonchev–Trinajstić information content (AvgIpc) is 2.96. The average molecular weight is 383 g/mol. The second kappa shape index (κ2) is 8.73. The molecule has 2 N–H and O–H groups in total. The van der Waals surface area contributed by atoms with Gasteiger partial charge >= 0.3 is 0 Å². The van der Waals surface area contributed by atoms with Gasteiger partial charge in [0.15, 0.2) is 5.17 Å². The molecule has 27 heavy (non-hydrogen) atoms. The Morgan fingerprint density at radius 3 is 2.74 bits per heavy atom. The Morgan fingerprint density at radius 1 is 1.26 bits per heavy atom. The predicted molar refractivity (Wildman–Crippen MR) is 109 cm³/mol. The van der Waals surface area contributed by atoms with Gasteiger partial charge in [-0.3, -0.25) is 9.59 Å². The molecule has 6 nitrogen and oxygen atoms in total. The number of hydrogen-bond donors (Lipinski definition) is 2. The van der Waals surface area contributed by atoms with Gasteiger partial charge in [-0.1, -0.05) is 23.9 Å². The number of carbonyl (C=O) groups excluding carboxylic acids is 2. The summed E-state index contributed by atoms with van der Waals surface area (Å²) in [6.07, 6.45) is 0.0900. The van der Waals surface area contributed by atoms with Gasteiger partial charge in [-0.15, -0.1) is 0 Å². The third-order valence-electron chi connectivity index (χ3n) is 3.83. The molecule has 7 heteroatoms. The number of thioether (sulfide) groups is 1. The fourth-order valence-electron chi connectivity index (χ4n) is 2.60. The van der Waals surface area contributed by atoms with Gasteiger partial charge in [0.2, 0.25) is 11.8 Å².